The summed E-state index contributed by atoms with van der Waals surface area (Å²) in [5, 5.41) is 3.43. The van der Waals surface area contributed by atoms with Crippen LogP contribution in [0.25, 0.3) is 0 Å². The van der Waals surface area contributed by atoms with E-state index < -0.39 is 0 Å². The van der Waals surface area contributed by atoms with Crippen molar-refractivity contribution in [3.05, 3.63) is 29.3 Å². The van der Waals surface area contributed by atoms with Gasteiger partial charge in [0.15, 0.2) is 0 Å². The molecule has 1 N–H and O–H groups in total. The van der Waals surface area contributed by atoms with Crippen LogP contribution in [0.2, 0.25) is 0 Å². The summed E-state index contributed by atoms with van der Waals surface area (Å²) < 4.78 is 6.33. The molecule has 2 nitrogen and oxygen atoms in total. The highest BCUT2D eigenvalue weighted by atomic mass is 16.5. The summed E-state index contributed by atoms with van der Waals surface area (Å²) in [4.78, 5) is 0. The van der Waals surface area contributed by atoms with Crippen molar-refractivity contribution in [3.63, 3.8) is 0 Å². The highest BCUT2D eigenvalue weighted by Gasteiger charge is 2.31. The molecule has 2 aliphatic rings. The molecule has 1 heterocycles. The third-order valence-electron chi connectivity index (χ3n) is 4.76. The zero-order valence-electron chi connectivity index (χ0n) is 12.2. The van der Waals surface area contributed by atoms with Crippen molar-refractivity contribution >= 4 is 0 Å². The Balaban J connectivity index is 1.72. The van der Waals surface area contributed by atoms with Gasteiger partial charge in [0, 0.05) is 6.54 Å². The lowest BCUT2D eigenvalue weighted by molar-refractivity contribution is 0.0352. The van der Waals surface area contributed by atoms with Gasteiger partial charge in [-0.3, -0.25) is 0 Å². The van der Waals surface area contributed by atoms with Gasteiger partial charge in [-0.05, 0) is 74.8 Å². The zero-order chi connectivity index (χ0) is 13.3. The molecule has 0 aromatic heterocycles. The van der Waals surface area contributed by atoms with Gasteiger partial charge in [0.05, 0.1) is 0 Å². The van der Waals surface area contributed by atoms with Gasteiger partial charge in [0.2, 0.25) is 0 Å². The van der Waals surface area contributed by atoms with Crippen molar-refractivity contribution in [1.82, 2.24) is 5.32 Å². The quantitative estimate of drug-likeness (QED) is 0.875. The van der Waals surface area contributed by atoms with Crippen molar-refractivity contribution in [3.8, 4) is 5.75 Å². The van der Waals surface area contributed by atoms with Crippen LogP contribution in [-0.2, 0) is 13.0 Å². The number of hydrogen-bond donors (Lipinski definition) is 1. The second-order valence-corrected chi connectivity index (χ2v) is 6.59. The first-order valence-corrected chi connectivity index (χ1v) is 7.66. The van der Waals surface area contributed by atoms with E-state index in [0.717, 1.165) is 31.2 Å². The Morgan fingerprint density at radius 2 is 2.00 bits per heavy atom. The van der Waals surface area contributed by atoms with Crippen LogP contribution in [-0.4, -0.2) is 12.1 Å². The average Bonchev–Trinajstić information content (AvgIpc) is 2.42. The molecule has 1 fully saturated rings. The third-order valence-corrected chi connectivity index (χ3v) is 4.76. The molecule has 1 aromatic rings. The van der Waals surface area contributed by atoms with Crippen LogP contribution in [0.1, 0.15) is 50.7 Å². The second-order valence-electron chi connectivity index (χ2n) is 6.59. The van der Waals surface area contributed by atoms with Crippen molar-refractivity contribution < 1.29 is 4.74 Å². The van der Waals surface area contributed by atoms with Crippen molar-refractivity contribution in [1.29, 1.82) is 0 Å². The molecule has 0 saturated heterocycles. The summed E-state index contributed by atoms with van der Waals surface area (Å²) in [6, 6.07) is 6.65. The first-order chi connectivity index (χ1) is 9.15. The minimum absolute atomic E-state index is 0.0445. The maximum atomic E-state index is 6.33. The van der Waals surface area contributed by atoms with Crippen LogP contribution in [0.15, 0.2) is 18.2 Å². The van der Waals surface area contributed by atoms with Crippen LogP contribution in [0.3, 0.4) is 0 Å². The normalized spacial score (nSPS) is 30.7. The minimum Gasteiger partial charge on any atom is -0.488 e. The molecule has 0 atom stereocenters. The van der Waals surface area contributed by atoms with Gasteiger partial charge in [0.25, 0.3) is 0 Å². The second kappa shape index (κ2) is 5.16. The van der Waals surface area contributed by atoms with E-state index in [1.54, 1.807) is 0 Å². The highest BCUT2D eigenvalue weighted by molar-refractivity contribution is 5.37. The van der Waals surface area contributed by atoms with Gasteiger partial charge in [-0.1, -0.05) is 13.0 Å². The molecular weight excluding hydrogens is 234 g/mol. The lowest BCUT2D eigenvalue weighted by Gasteiger charge is -2.37. The fourth-order valence-corrected chi connectivity index (χ4v) is 3.28. The number of fused-ring (bicyclic) bond motifs is 1. The maximum absolute atomic E-state index is 6.33. The maximum Gasteiger partial charge on any atom is 0.120 e. The molecule has 19 heavy (non-hydrogen) atoms. The van der Waals surface area contributed by atoms with E-state index in [2.05, 4.69) is 37.4 Å². The fourth-order valence-electron chi connectivity index (χ4n) is 3.28. The molecule has 1 saturated carbocycles. The van der Waals surface area contributed by atoms with Gasteiger partial charge in [-0.2, -0.15) is 0 Å². The Hall–Kier alpha value is -1.02. The van der Waals surface area contributed by atoms with Gasteiger partial charge in [-0.15, -0.1) is 0 Å². The van der Waals surface area contributed by atoms with Crippen molar-refractivity contribution in [2.24, 2.45) is 5.92 Å². The van der Waals surface area contributed by atoms with Crippen LogP contribution >= 0.6 is 0 Å². The molecule has 3 rings (SSSR count). The Bertz CT molecular complexity index is 447. The summed E-state index contributed by atoms with van der Waals surface area (Å²) in [7, 11) is 0. The highest BCUT2D eigenvalue weighted by Crippen LogP contribution is 2.35. The van der Waals surface area contributed by atoms with Crippen molar-refractivity contribution in [2.75, 3.05) is 6.54 Å². The number of benzene rings is 1. The van der Waals surface area contributed by atoms with Crippen LogP contribution in [0.4, 0.5) is 0 Å². The van der Waals surface area contributed by atoms with Gasteiger partial charge >= 0.3 is 0 Å². The molecule has 0 bridgehead atoms. The summed E-state index contributed by atoms with van der Waals surface area (Å²) >= 11 is 0. The smallest absolute Gasteiger partial charge is 0.120 e. The fraction of sp³-hybridized carbons (Fsp3) is 0.647. The van der Waals surface area contributed by atoms with E-state index in [0.29, 0.717) is 0 Å². The number of rotatable bonds is 2. The topological polar surface area (TPSA) is 21.3 Å². The number of hydrogen-bond acceptors (Lipinski definition) is 2. The van der Waals surface area contributed by atoms with Gasteiger partial charge in [-0.25, -0.2) is 0 Å². The lowest BCUT2D eigenvalue weighted by Crippen LogP contribution is -2.36. The van der Waals surface area contributed by atoms with Crippen molar-refractivity contribution in [2.45, 2.75) is 58.1 Å². The predicted molar refractivity (Wildman–Crippen MR) is 78.5 cm³/mol. The molecular formula is C17H25NO. The number of ether oxygens (including phenoxy) is 1. The van der Waals surface area contributed by atoms with E-state index in [-0.39, 0.29) is 5.60 Å². The standard InChI is InChI=1S/C17H25NO/c1-13-5-8-17(2,9-6-13)19-16-4-3-14-7-10-18-12-15(14)11-16/h3-4,11,13,18H,5-10,12H2,1-2H3. The zero-order valence-corrected chi connectivity index (χ0v) is 12.2. The van der Waals surface area contributed by atoms with Gasteiger partial charge in [0.1, 0.15) is 11.4 Å². The first kappa shape index (κ1) is 13.0. The number of nitrogens with one attached hydrogen (secondary N) is 1. The Labute approximate surface area is 116 Å². The van der Waals surface area contributed by atoms with E-state index in [9.17, 15) is 0 Å². The monoisotopic (exact) mass is 259 g/mol. The van der Waals surface area contributed by atoms with Crippen LogP contribution in [0.5, 0.6) is 5.75 Å². The molecule has 1 aromatic carbocycles. The molecule has 1 aliphatic carbocycles. The molecule has 0 radical (unpaired) electrons. The minimum atomic E-state index is 0.0445. The molecule has 0 amide bonds. The van der Waals surface area contributed by atoms with Crippen LogP contribution < -0.4 is 10.1 Å². The van der Waals surface area contributed by atoms with E-state index in [4.69, 9.17) is 4.74 Å². The summed E-state index contributed by atoms with van der Waals surface area (Å²) in [6.45, 7) is 6.71. The van der Waals surface area contributed by atoms with E-state index >= 15 is 0 Å². The largest absolute Gasteiger partial charge is 0.488 e. The Morgan fingerprint density at radius 1 is 1.21 bits per heavy atom. The third kappa shape index (κ3) is 2.94. The first-order valence-electron chi connectivity index (χ1n) is 7.66. The van der Waals surface area contributed by atoms with E-state index in [1.807, 2.05) is 0 Å². The van der Waals surface area contributed by atoms with Gasteiger partial charge < -0.3 is 10.1 Å². The molecule has 0 spiro atoms. The molecule has 0 unspecified atom stereocenters. The molecule has 1 aliphatic heterocycles. The summed E-state index contributed by atoms with van der Waals surface area (Å²) in [5.74, 6) is 1.92. The Morgan fingerprint density at radius 3 is 2.79 bits per heavy atom. The summed E-state index contributed by atoms with van der Waals surface area (Å²) in [6.07, 6.45) is 6.10. The predicted octanol–water partition coefficient (Wildman–Crippen LogP) is 3.68. The molecule has 104 valence electrons. The summed E-state index contributed by atoms with van der Waals surface area (Å²) in [5.41, 5.74) is 2.94. The van der Waals surface area contributed by atoms with E-state index in [1.165, 1.54) is 36.8 Å². The SMILES string of the molecule is CC1CCC(C)(Oc2ccc3c(c2)CNCC3)CC1. The Kier molecular flexibility index (Phi) is 3.53. The van der Waals surface area contributed by atoms with Crippen LogP contribution in [0, 0.1) is 5.92 Å². The lowest BCUT2D eigenvalue weighted by atomic mass is 9.80. The average molecular weight is 259 g/mol. The molecule has 2 heteroatoms.